The number of carbonyl (C=O) groups is 1. The predicted octanol–water partition coefficient (Wildman–Crippen LogP) is 2.17. The van der Waals surface area contributed by atoms with E-state index in [-0.39, 0.29) is 6.03 Å². The molecule has 2 amide bonds. The van der Waals surface area contributed by atoms with E-state index in [1.54, 1.807) is 28.3 Å². The topological polar surface area (TPSA) is 66.3 Å². The summed E-state index contributed by atoms with van der Waals surface area (Å²) in [6, 6.07) is 1.76. The zero-order valence-electron chi connectivity index (χ0n) is 14.4. The van der Waals surface area contributed by atoms with Crippen molar-refractivity contribution in [1.29, 1.82) is 0 Å². The van der Waals surface area contributed by atoms with Crippen LogP contribution in [0, 0.1) is 12.8 Å². The lowest BCUT2D eigenvalue weighted by Crippen LogP contribution is -2.35. The van der Waals surface area contributed by atoms with Gasteiger partial charge in [0.15, 0.2) is 0 Å². The molecular weight excluding hydrogens is 324 g/mol. The first kappa shape index (κ1) is 16.9. The van der Waals surface area contributed by atoms with Crippen LogP contribution in [0.5, 0.6) is 0 Å². The summed E-state index contributed by atoms with van der Waals surface area (Å²) in [4.78, 5) is 22.2. The van der Waals surface area contributed by atoms with Gasteiger partial charge < -0.3 is 9.80 Å². The number of thiazole rings is 1. The zero-order valence-corrected chi connectivity index (χ0v) is 15.2. The van der Waals surface area contributed by atoms with Crippen LogP contribution in [0.1, 0.15) is 17.0 Å². The maximum Gasteiger partial charge on any atom is 0.323 e. The van der Waals surface area contributed by atoms with Gasteiger partial charge in [-0.1, -0.05) is 0 Å². The molecule has 0 spiro atoms. The van der Waals surface area contributed by atoms with Crippen LogP contribution in [0.2, 0.25) is 0 Å². The van der Waals surface area contributed by atoms with Crippen molar-refractivity contribution in [2.75, 3.05) is 32.0 Å². The van der Waals surface area contributed by atoms with Crippen LogP contribution in [-0.4, -0.2) is 57.3 Å². The van der Waals surface area contributed by atoms with Gasteiger partial charge in [-0.3, -0.25) is 10.00 Å². The second-order valence-electron chi connectivity index (χ2n) is 6.43. The van der Waals surface area contributed by atoms with E-state index in [1.165, 1.54) is 4.88 Å². The van der Waals surface area contributed by atoms with Crippen LogP contribution in [0.15, 0.2) is 17.8 Å². The molecule has 1 fully saturated rings. The van der Waals surface area contributed by atoms with Gasteiger partial charge in [0.25, 0.3) is 0 Å². The Morgan fingerprint density at radius 2 is 2.38 bits per heavy atom. The molecule has 1 aliphatic heterocycles. The summed E-state index contributed by atoms with van der Waals surface area (Å²) >= 11 is 1.71. The number of carbonyl (C=O) groups excluding carboxylic acids is 1. The Hall–Kier alpha value is -1.93. The number of nitrogens with one attached hydrogen (secondary N) is 1. The Morgan fingerprint density at radius 3 is 3.04 bits per heavy atom. The molecule has 2 aromatic rings. The lowest BCUT2D eigenvalue weighted by Gasteiger charge is -2.21. The van der Waals surface area contributed by atoms with Crippen LogP contribution in [0.25, 0.3) is 0 Å². The summed E-state index contributed by atoms with van der Waals surface area (Å²) in [6.45, 7) is 5.58. The monoisotopic (exact) mass is 348 g/mol. The minimum atomic E-state index is -0.0398. The largest absolute Gasteiger partial charge is 0.324 e. The molecule has 0 saturated carbocycles. The Morgan fingerprint density at radius 1 is 1.54 bits per heavy atom. The molecule has 1 aliphatic rings. The third-order valence-electron chi connectivity index (χ3n) is 4.46. The van der Waals surface area contributed by atoms with Crippen LogP contribution >= 0.6 is 11.3 Å². The fourth-order valence-corrected chi connectivity index (χ4v) is 3.94. The van der Waals surface area contributed by atoms with Crippen molar-refractivity contribution in [1.82, 2.24) is 24.6 Å². The molecule has 0 aliphatic carbocycles. The molecule has 2 aromatic heterocycles. The van der Waals surface area contributed by atoms with Crippen LogP contribution in [0.4, 0.5) is 10.6 Å². The molecule has 1 unspecified atom stereocenters. The number of aryl methyl sites for hydroxylation is 2. The van der Waals surface area contributed by atoms with Crippen molar-refractivity contribution >= 4 is 23.2 Å². The lowest BCUT2D eigenvalue weighted by molar-refractivity contribution is 0.216. The summed E-state index contributed by atoms with van der Waals surface area (Å²) in [5.41, 5.74) is 3.02. The Balaban J connectivity index is 1.47. The first-order chi connectivity index (χ1) is 11.5. The van der Waals surface area contributed by atoms with Gasteiger partial charge in [-0.2, -0.15) is 5.10 Å². The molecule has 3 heterocycles. The molecule has 130 valence electrons. The number of likely N-dealkylation sites (tertiary alicyclic amines) is 1. The van der Waals surface area contributed by atoms with Crippen molar-refractivity contribution in [2.45, 2.75) is 19.9 Å². The summed E-state index contributed by atoms with van der Waals surface area (Å²) in [5.74, 6) is 1.24. The SMILES string of the molecule is Cc1ncsc1CN(C)CC1CCN(C(=O)Nc2ccnn2C)C1. The fourth-order valence-electron chi connectivity index (χ4n) is 3.08. The Kier molecular flexibility index (Phi) is 5.15. The number of urea groups is 1. The van der Waals surface area contributed by atoms with Crippen molar-refractivity contribution in [3.05, 3.63) is 28.3 Å². The highest BCUT2D eigenvalue weighted by molar-refractivity contribution is 7.09. The minimum absolute atomic E-state index is 0.0398. The maximum atomic E-state index is 12.4. The number of amides is 2. The van der Waals surface area contributed by atoms with Gasteiger partial charge in [-0.15, -0.1) is 11.3 Å². The smallest absolute Gasteiger partial charge is 0.323 e. The molecule has 1 N–H and O–H groups in total. The quantitative estimate of drug-likeness (QED) is 0.899. The lowest BCUT2D eigenvalue weighted by atomic mass is 10.1. The van der Waals surface area contributed by atoms with Gasteiger partial charge in [0, 0.05) is 44.2 Å². The molecule has 1 saturated heterocycles. The third-order valence-corrected chi connectivity index (χ3v) is 5.38. The Labute approximate surface area is 146 Å². The molecular formula is C16H24N6OS. The number of nitrogens with zero attached hydrogens (tertiary/aromatic N) is 5. The molecule has 7 nitrogen and oxygen atoms in total. The molecule has 0 aromatic carbocycles. The first-order valence-corrected chi connectivity index (χ1v) is 9.02. The summed E-state index contributed by atoms with van der Waals surface area (Å²) < 4.78 is 1.66. The number of hydrogen-bond acceptors (Lipinski definition) is 5. The highest BCUT2D eigenvalue weighted by atomic mass is 32.1. The molecule has 0 bridgehead atoms. The van der Waals surface area contributed by atoms with E-state index >= 15 is 0 Å². The standard InChI is InChI=1S/C16H24N6OS/c1-12-14(24-11-17-12)10-20(2)8-13-5-7-22(9-13)16(23)19-15-4-6-18-21(15)3/h4,6,11,13H,5,7-10H2,1-3H3,(H,19,23). The van der Waals surface area contributed by atoms with E-state index in [0.717, 1.165) is 44.1 Å². The zero-order chi connectivity index (χ0) is 17.1. The average Bonchev–Trinajstić information content (AvgIpc) is 3.24. The van der Waals surface area contributed by atoms with Gasteiger partial charge in [0.1, 0.15) is 5.82 Å². The third kappa shape index (κ3) is 3.93. The minimum Gasteiger partial charge on any atom is -0.324 e. The number of anilines is 1. The predicted molar refractivity (Wildman–Crippen MR) is 95.1 cm³/mol. The highest BCUT2D eigenvalue weighted by Gasteiger charge is 2.27. The summed E-state index contributed by atoms with van der Waals surface area (Å²) in [7, 11) is 3.95. The summed E-state index contributed by atoms with van der Waals surface area (Å²) in [6.07, 6.45) is 2.73. The van der Waals surface area contributed by atoms with E-state index < -0.39 is 0 Å². The van der Waals surface area contributed by atoms with Gasteiger partial charge in [-0.25, -0.2) is 9.78 Å². The summed E-state index contributed by atoms with van der Waals surface area (Å²) in [5, 5.41) is 6.98. The van der Waals surface area contributed by atoms with E-state index in [2.05, 4.69) is 34.3 Å². The molecule has 1 atom stereocenters. The van der Waals surface area contributed by atoms with Crippen molar-refractivity contribution in [3.8, 4) is 0 Å². The molecule has 0 radical (unpaired) electrons. The van der Waals surface area contributed by atoms with Gasteiger partial charge in [-0.05, 0) is 26.3 Å². The van der Waals surface area contributed by atoms with Crippen LogP contribution in [-0.2, 0) is 13.6 Å². The number of rotatable bonds is 5. The van der Waals surface area contributed by atoms with Crippen molar-refractivity contribution in [3.63, 3.8) is 0 Å². The van der Waals surface area contributed by atoms with Gasteiger partial charge >= 0.3 is 6.03 Å². The van der Waals surface area contributed by atoms with E-state index in [1.807, 2.05) is 17.5 Å². The number of hydrogen-bond donors (Lipinski definition) is 1. The average molecular weight is 348 g/mol. The fraction of sp³-hybridized carbons (Fsp3) is 0.562. The molecule has 8 heteroatoms. The Bertz CT molecular complexity index is 696. The normalized spacial score (nSPS) is 17.7. The molecule has 24 heavy (non-hydrogen) atoms. The van der Waals surface area contributed by atoms with Gasteiger partial charge in [0.2, 0.25) is 0 Å². The maximum absolute atomic E-state index is 12.4. The van der Waals surface area contributed by atoms with E-state index in [4.69, 9.17) is 0 Å². The second kappa shape index (κ2) is 7.31. The van der Waals surface area contributed by atoms with E-state index in [9.17, 15) is 4.79 Å². The second-order valence-corrected chi connectivity index (χ2v) is 7.37. The first-order valence-electron chi connectivity index (χ1n) is 8.14. The van der Waals surface area contributed by atoms with E-state index in [0.29, 0.717) is 5.92 Å². The molecule has 3 rings (SSSR count). The number of aromatic nitrogens is 3. The van der Waals surface area contributed by atoms with Gasteiger partial charge in [0.05, 0.1) is 17.4 Å². The van der Waals surface area contributed by atoms with Crippen LogP contribution < -0.4 is 5.32 Å². The highest BCUT2D eigenvalue weighted by Crippen LogP contribution is 2.20. The van der Waals surface area contributed by atoms with Crippen molar-refractivity contribution in [2.24, 2.45) is 13.0 Å². The van der Waals surface area contributed by atoms with Crippen molar-refractivity contribution < 1.29 is 4.79 Å². The van der Waals surface area contributed by atoms with Crippen LogP contribution in [0.3, 0.4) is 0 Å².